The molecule has 1 aliphatic rings. The molecular weight excluding hydrogens is 382 g/mol. The van der Waals surface area contributed by atoms with Gasteiger partial charge in [-0.1, -0.05) is 6.07 Å². The largest absolute Gasteiger partial charge is 0.463 e. The summed E-state index contributed by atoms with van der Waals surface area (Å²) in [5, 5.41) is 0. The molecule has 0 bridgehead atoms. The van der Waals surface area contributed by atoms with Crippen LogP contribution in [0.5, 0.6) is 0 Å². The van der Waals surface area contributed by atoms with E-state index in [1.165, 1.54) is 13.2 Å². The zero-order valence-electron chi connectivity index (χ0n) is 14.5. The fourth-order valence-corrected chi connectivity index (χ4v) is 4.41. The Morgan fingerprint density at radius 3 is 2.33 bits per heavy atom. The van der Waals surface area contributed by atoms with Crippen LogP contribution in [0.3, 0.4) is 0 Å². The van der Waals surface area contributed by atoms with Gasteiger partial charge in [-0.2, -0.15) is 4.31 Å². The normalized spacial score (nSPS) is 16.4. The molecule has 0 atom stereocenters. The van der Waals surface area contributed by atoms with Gasteiger partial charge in [0.05, 0.1) is 13.7 Å². The Kier molecular flexibility index (Phi) is 5.59. The van der Waals surface area contributed by atoms with Gasteiger partial charge in [0.1, 0.15) is 17.4 Å². The number of hydrogen-bond acceptors (Lipinski definition) is 6. The molecule has 0 spiro atoms. The number of carbonyl (C=O) groups excluding carboxylic acids is 1. The maximum Gasteiger partial charge on any atom is 0.373 e. The Balaban J connectivity index is 1.65. The predicted molar refractivity (Wildman–Crippen MR) is 90.4 cm³/mol. The van der Waals surface area contributed by atoms with Gasteiger partial charge in [-0.25, -0.2) is 22.0 Å². The van der Waals surface area contributed by atoms with Crippen molar-refractivity contribution in [3.8, 4) is 0 Å². The van der Waals surface area contributed by atoms with Crippen LogP contribution in [0.4, 0.5) is 8.78 Å². The van der Waals surface area contributed by atoms with Gasteiger partial charge in [-0.05, 0) is 24.3 Å². The number of esters is 1. The molecule has 0 aliphatic carbocycles. The molecule has 2 heterocycles. The van der Waals surface area contributed by atoms with Crippen LogP contribution in [0, 0.1) is 11.6 Å². The number of halogens is 2. The highest BCUT2D eigenvalue weighted by atomic mass is 32.2. The van der Waals surface area contributed by atoms with Crippen molar-refractivity contribution in [1.82, 2.24) is 9.21 Å². The van der Waals surface area contributed by atoms with Crippen molar-refractivity contribution in [1.29, 1.82) is 0 Å². The van der Waals surface area contributed by atoms with E-state index in [-0.39, 0.29) is 18.8 Å². The molecule has 1 fully saturated rings. The maximum absolute atomic E-state index is 13.9. The lowest BCUT2D eigenvalue weighted by molar-refractivity contribution is 0.0560. The first-order valence-corrected chi connectivity index (χ1v) is 9.60. The van der Waals surface area contributed by atoms with Crippen molar-refractivity contribution in [3.05, 3.63) is 53.5 Å². The van der Waals surface area contributed by atoms with Crippen LogP contribution in [0.2, 0.25) is 0 Å². The highest BCUT2D eigenvalue weighted by Crippen LogP contribution is 2.24. The fraction of sp³-hybridized carbons (Fsp3) is 0.353. The number of ether oxygens (including phenoxy) is 1. The second-order valence-corrected chi connectivity index (χ2v) is 7.86. The minimum Gasteiger partial charge on any atom is -0.463 e. The van der Waals surface area contributed by atoms with E-state index in [9.17, 15) is 22.0 Å². The standard InChI is InChI=1S/C17H18F2N2O5S/c1-25-17(22)15-6-5-12(26-15)11-20-7-9-21(10-8-20)27(23,24)16-13(18)3-2-4-14(16)19/h2-6H,7-11H2,1H3. The number of benzene rings is 1. The second-order valence-electron chi connectivity index (χ2n) is 5.99. The van der Waals surface area contributed by atoms with Crippen molar-refractivity contribution in [2.75, 3.05) is 33.3 Å². The first-order chi connectivity index (χ1) is 12.8. The number of piperazine rings is 1. The summed E-state index contributed by atoms with van der Waals surface area (Å²) in [4.78, 5) is 12.4. The van der Waals surface area contributed by atoms with Gasteiger partial charge in [0, 0.05) is 26.2 Å². The average molecular weight is 400 g/mol. The molecule has 0 N–H and O–H groups in total. The topological polar surface area (TPSA) is 80.1 Å². The summed E-state index contributed by atoms with van der Waals surface area (Å²) in [6.45, 7) is 1.24. The Morgan fingerprint density at radius 1 is 1.11 bits per heavy atom. The summed E-state index contributed by atoms with van der Waals surface area (Å²) in [5.74, 6) is -2.17. The molecule has 10 heteroatoms. The first-order valence-electron chi connectivity index (χ1n) is 8.16. The highest BCUT2D eigenvalue weighted by molar-refractivity contribution is 7.89. The zero-order chi connectivity index (χ0) is 19.6. The molecule has 1 aromatic carbocycles. The average Bonchev–Trinajstić information content (AvgIpc) is 3.09. The lowest BCUT2D eigenvalue weighted by Crippen LogP contribution is -2.48. The Bertz CT molecular complexity index is 916. The number of nitrogens with zero attached hydrogens (tertiary/aromatic N) is 2. The minimum absolute atomic E-state index is 0.0840. The van der Waals surface area contributed by atoms with E-state index in [0.29, 0.717) is 25.4 Å². The van der Waals surface area contributed by atoms with Crippen LogP contribution in [0.15, 0.2) is 39.6 Å². The lowest BCUT2D eigenvalue weighted by Gasteiger charge is -2.33. The Hall–Kier alpha value is -2.30. The molecular formula is C17H18F2N2O5S. The molecule has 3 rings (SSSR count). The van der Waals surface area contributed by atoms with Gasteiger partial charge in [0.25, 0.3) is 0 Å². The Labute approximate surface area is 155 Å². The van der Waals surface area contributed by atoms with E-state index < -0.39 is 32.5 Å². The molecule has 1 aliphatic heterocycles. The van der Waals surface area contributed by atoms with Crippen molar-refractivity contribution in [2.45, 2.75) is 11.4 Å². The van der Waals surface area contributed by atoms with Crippen molar-refractivity contribution < 1.29 is 31.1 Å². The molecule has 1 aromatic heterocycles. The van der Waals surface area contributed by atoms with E-state index in [0.717, 1.165) is 22.5 Å². The lowest BCUT2D eigenvalue weighted by atomic mass is 10.3. The number of sulfonamides is 1. The van der Waals surface area contributed by atoms with E-state index in [2.05, 4.69) is 4.74 Å². The number of rotatable bonds is 5. The number of carbonyl (C=O) groups is 1. The minimum atomic E-state index is -4.26. The van der Waals surface area contributed by atoms with Crippen molar-refractivity contribution >= 4 is 16.0 Å². The van der Waals surface area contributed by atoms with Gasteiger partial charge in [-0.15, -0.1) is 0 Å². The summed E-state index contributed by atoms with van der Waals surface area (Å²) in [7, 11) is -3.01. The van der Waals surface area contributed by atoms with Crippen LogP contribution < -0.4 is 0 Å². The first kappa shape index (κ1) is 19.5. The van der Waals surface area contributed by atoms with Gasteiger partial charge < -0.3 is 9.15 Å². The SMILES string of the molecule is COC(=O)c1ccc(CN2CCN(S(=O)(=O)c3c(F)cccc3F)CC2)o1. The Morgan fingerprint density at radius 2 is 1.74 bits per heavy atom. The van der Waals surface area contributed by atoms with E-state index in [1.807, 2.05) is 4.90 Å². The molecule has 7 nitrogen and oxygen atoms in total. The van der Waals surface area contributed by atoms with Crippen molar-refractivity contribution in [3.63, 3.8) is 0 Å². The monoisotopic (exact) mass is 400 g/mol. The number of furan rings is 1. The summed E-state index contributed by atoms with van der Waals surface area (Å²) >= 11 is 0. The van der Waals surface area contributed by atoms with E-state index in [4.69, 9.17) is 4.42 Å². The molecule has 0 saturated carbocycles. The molecule has 1 saturated heterocycles. The highest BCUT2D eigenvalue weighted by Gasteiger charge is 2.33. The summed E-state index contributed by atoms with van der Waals surface area (Å²) in [6.07, 6.45) is 0. The molecule has 0 radical (unpaired) electrons. The van der Waals surface area contributed by atoms with Crippen LogP contribution >= 0.6 is 0 Å². The number of hydrogen-bond donors (Lipinski definition) is 0. The molecule has 0 amide bonds. The molecule has 0 unspecified atom stereocenters. The summed E-state index contributed by atoms with van der Waals surface area (Å²) < 4.78 is 63.9. The molecule has 146 valence electrons. The van der Waals surface area contributed by atoms with Gasteiger partial charge in [-0.3, -0.25) is 4.90 Å². The van der Waals surface area contributed by atoms with Crippen LogP contribution in [-0.4, -0.2) is 56.9 Å². The molecule has 2 aromatic rings. The van der Waals surface area contributed by atoms with Crippen LogP contribution in [-0.2, 0) is 21.3 Å². The third kappa shape index (κ3) is 4.02. The summed E-state index contributed by atoms with van der Waals surface area (Å²) in [5.41, 5.74) is 0. The van der Waals surface area contributed by atoms with Crippen LogP contribution in [0.25, 0.3) is 0 Å². The predicted octanol–water partition coefficient (Wildman–Crippen LogP) is 1.85. The fourth-order valence-electron chi connectivity index (χ4n) is 2.88. The third-order valence-corrected chi connectivity index (χ3v) is 6.23. The molecule has 27 heavy (non-hydrogen) atoms. The van der Waals surface area contributed by atoms with E-state index >= 15 is 0 Å². The van der Waals surface area contributed by atoms with Gasteiger partial charge in [0.15, 0.2) is 4.90 Å². The smallest absolute Gasteiger partial charge is 0.373 e. The van der Waals surface area contributed by atoms with Crippen LogP contribution in [0.1, 0.15) is 16.3 Å². The van der Waals surface area contributed by atoms with Crippen molar-refractivity contribution in [2.24, 2.45) is 0 Å². The summed E-state index contributed by atoms with van der Waals surface area (Å²) in [6, 6.07) is 6.10. The second kappa shape index (κ2) is 7.75. The number of methoxy groups -OCH3 is 1. The van der Waals surface area contributed by atoms with Gasteiger partial charge >= 0.3 is 5.97 Å². The maximum atomic E-state index is 13.9. The van der Waals surface area contributed by atoms with E-state index in [1.54, 1.807) is 6.07 Å². The zero-order valence-corrected chi connectivity index (χ0v) is 15.3. The third-order valence-electron chi connectivity index (χ3n) is 4.28. The quantitative estimate of drug-likeness (QED) is 0.713. The van der Waals surface area contributed by atoms with Gasteiger partial charge in [0.2, 0.25) is 15.8 Å².